The van der Waals surface area contributed by atoms with Crippen molar-refractivity contribution >= 4 is 20.0 Å². The topological polar surface area (TPSA) is 116 Å². The van der Waals surface area contributed by atoms with Crippen molar-refractivity contribution in [1.29, 1.82) is 0 Å². The number of rotatable bonds is 16. The Labute approximate surface area is 221 Å². The molecule has 0 saturated carbocycles. The molecule has 1 amide bonds. The maximum absolute atomic E-state index is 12.8. The number of likely N-dealkylation sites (N-methyl/N-ethyl adjacent to an activating group) is 1. The number of amides is 1. The van der Waals surface area contributed by atoms with Crippen LogP contribution in [0.3, 0.4) is 0 Å². The summed E-state index contributed by atoms with van der Waals surface area (Å²) in [4.78, 5) is 28.4. The first-order chi connectivity index (χ1) is 17.7. The standard InChI is InChI=1S/C28H41N5O3Si/c1-5-30-27(34)25(20-22-12-8-6-9-13-22)31-17-16-24(23-14-10-7-11-15-23)21-26(32-33-29)28(35)36-18-19-37(2,3)4/h6-15,24-26,31H,5,16-21H2,1-4H3,(H,30,34)/t24?,25-,26-/m0/s1. The molecule has 8 nitrogen and oxygen atoms in total. The van der Waals surface area contributed by atoms with E-state index in [1.165, 1.54) is 0 Å². The fourth-order valence-corrected chi connectivity index (χ4v) is 4.77. The van der Waals surface area contributed by atoms with E-state index >= 15 is 0 Å². The van der Waals surface area contributed by atoms with Crippen molar-refractivity contribution in [1.82, 2.24) is 10.6 Å². The van der Waals surface area contributed by atoms with Crippen LogP contribution in [0, 0.1) is 0 Å². The first kappa shape index (κ1) is 30.1. The summed E-state index contributed by atoms with van der Waals surface area (Å²) in [6.45, 7) is 10.0. The highest BCUT2D eigenvalue weighted by Gasteiger charge is 2.26. The van der Waals surface area contributed by atoms with Gasteiger partial charge in [-0.3, -0.25) is 9.59 Å². The Morgan fingerprint density at radius 2 is 1.70 bits per heavy atom. The largest absolute Gasteiger partial charge is 0.466 e. The fourth-order valence-electron chi connectivity index (χ4n) is 4.06. The van der Waals surface area contributed by atoms with E-state index < -0.39 is 20.1 Å². The predicted molar refractivity (Wildman–Crippen MR) is 151 cm³/mol. The maximum atomic E-state index is 12.8. The minimum atomic E-state index is -1.36. The molecule has 0 aliphatic heterocycles. The van der Waals surface area contributed by atoms with E-state index in [9.17, 15) is 9.59 Å². The van der Waals surface area contributed by atoms with Crippen LogP contribution in [0.1, 0.15) is 36.8 Å². The Bertz CT molecular complexity index is 1010. The molecule has 0 fully saturated rings. The van der Waals surface area contributed by atoms with Gasteiger partial charge in [0, 0.05) is 19.5 Å². The number of benzene rings is 2. The van der Waals surface area contributed by atoms with E-state index in [1.54, 1.807) is 0 Å². The second kappa shape index (κ2) is 15.9. The zero-order valence-corrected chi connectivity index (χ0v) is 23.5. The molecule has 2 N–H and O–H groups in total. The molecular weight excluding hydrogens is 482 g/mol. The van der Waals surface area contributed by atoms with E-state index in [1.807, 2.05) is 67.6 Å². The fraction of sp³-hybridized carbons (Fsp3) is 0.500. The number of ether oxygens (including phenoxy) is 1. The van der Waals surface area contributed by atoms with E-state index in [2.05, 4.69) is 40.3 Å². The average Bonchev–Trinajstić information content (AvgIpc) is 2.87. The summed E-state index contributed by atoms with van der Waals surface area (Å²) in [7, 11) is -1.36. The SMILES string of the molecule is CCNC(=O)[C@H](Cc1ccccc1)NCCC(C[C@H](N=[N+]=[N-])C(=O)OCC[Si](C)(C)C)c1ccccc1. The molecule has 0 bridgehead atoms. The summed E-state index contributed by atoms with van der Waals surface area (Å²) in [6, 6.07) is 19.4. The van der Waals surface area contributed by atoms with Crippen LogP contribution in [0.4, 0.5) is 0 Å². The molecule has 1 unspecified atom stereocenters. The Kier molecular flexibility index (Phi) is 12.9. The zero-order valence-electron chi connectivity index (χ0n) is 22.5. The third-order valence-corrected chi connectivity index (χ3v) is 7.88. The van der Waals surface area contributed by atoms with Crippen LogP contribution in [-0.4, -0.2) is 51.7 Å². The predicted octanol–water partition coefficient (Wildman–Crippen LogP) is 5.45. The molecule has 0 radical (unpaired) electrons. The molecule has 0 aromatic heterocycles. The van der Waals surface area contributed by atoms with Crippen molar-refractivity contribution in [3.05, 3.63) is 82.2 Å². The van der Waals surface area contributed by atoms with Gasteiger partial charge in [0.1, 0.15) is 6.04 Å². The van der Waals surface area contributed by atoms with Crippen molar-refractivity contribution < 1.29 is 14.3 Å². The molecule has 3 atom stereocenters. The van der Waals surface area contributed by atoms with Gasteiger partial charge in [0.25, 0.3) is 0 Å². The first-order valence-corrected chi connectivity index (χ1v) is 16.7. The summed E-state index contributed by atoms with van der Waals surface area (Å²) in [5, 5.41) is 10.1. The van der Waals surface area contributed by atoms with Gasteiger partial charge >= 0.3 is 5.97 Å². The number of esters is 1. The molecule has 2 aromatic rings. The van der Waals surface area contributed by atoms with E-state index in [4.69, 9.17) is 10.3 Å². The second-order valence-corrected chi connectivity index (χ2v) is 16.0. The number of hydrogen-bond acceptors (Lipinski definition) is 5. The molecule has 2 rings (SSSR count). The lowest BCUT2D eigenvalue weighted by molar-refractivity contribution is -0.144. The molecule has 0 saturated heterocycles. The van der Waals surface area contributed by atoms with Crippen molar-refractivity contribution in [2.45, 2.75) is 69.9 Å². The summed E-state index contributed by atoms with van der Waals surface area (Å²) in [5.41, 5.74) is 11.3. The number of hydrogen-bond donors (Lipinski definition) is 2. The summed E-state index contributed by atoms with van der Waals surface area (Å²) in [5.74, 6) is -0.574. The Morgan fingerprint density at radius 3 is 2.30 bits per heavy atom. The number of azide groups is 1. The second-order valence-electron chi connectivity index (χ2n) is 10.4. The van der Waals surface area contributed by atoms with Gasteiger partial charge in [0.15, 0.2) is 0 Å². The van der Waals surface area contributed by atoms with Crippen LogP contribution in [0.5, 0.6) is 0 Å². The molecule has 200 valence electrons. The Hall–Kier alpha value is -3.13. The molecule has 0 aliphatic rings. The van der Waals surface area contributed by atoms with Crippen molar-refractivity contribution in [3.63, 3.8) is 0 Å². The highest BCUT2D eigenvalue weighted by Crippen LogP contribution is 2.26. The van der Waals surface area contributed by atoms with Gasteiger partial charge in [0.2, 0.25) is 5.91 Å². The minimum Gasteiger partial charge on any atom is -0.466 e. The lowest BCUT2D eigenvalue weighted by Gasteiger charge is -2.23. The molecule has 0 heterocycles. The van der Waals surface area contributed by atoms with Crippen LogP contribution in [0.25, 0.3) is 10.4 Å². The van der Waals surface area contributed by atoms with Crippen molar-refractivity contribution in [2.24, 2.45) is 5.11 Å². The van der Waals surface area contributed by atoms with Crippen LogP contribution in [0.2, 0.25) is 25.7 Å². The maximum Gasteiger partial charge on any atom is 0.314 e. The number of carbonyl (C=O) groups excluding carboxylic acids is 2. The van der Waals surface area contributed by atoms with Crippen LogP contribution >= 0.6 is 0 Å². The van der Waals surface area contributed by atoms with Crippen molar-refractivity contribution in [3.8, 4) is 0 Å². The number of nitrogens with zero attached hydrogens (tertiary/aromatic N) is 3. The summed E-state index contributed by atoms with van der Waals surface area (Å²) < 4.78 is 5.50. The van der Waals surface area contributed by atoms with Crippen molar-refractivity contribution in [2.75, 3.05) is 19.7 Å². The van der Waals surface area contributed by atoms with E-state index in [0.29, 0.717) is 39.0 Å². The van der Waals surface area contributed by atoms with Gasteiger partial charge in [-0.1, -0.05) is 85.4 Å². The minimum absolute atomic E-state index is 0.0412. The summed E-state index contributed by atoms with van der Waals surface area (Å²) >= 11 is 0. The number of nitrogens with one attached hydrogen (secondary N) is 2. The third kappa shape index (κ3) is 11.6. The highest BCUT2D eigenvalue weighted by atomic mass is 28.3. The van der Waals surface area contributed by atoms with Gasteiger partial charge in [-0.25, -0.2) is 0 Å². The van der Waals surface area contributed by atoms with Gasteiger partial charge < -0.3 is 15.4 Å². The van der Waals surface area contributed by atoms with Crippen LogP contribution < -0.4 is 10.6 Å². The quantitative estimate of drug-likeness (QED) is 0.100. The third-order valence-electron chi connectivity index (χ3n) is 6.17. The molecule has 37 heavy (non-hydrogen) atoms. The summed E-state index contributed by atoms with van der Waals surface area (Å²) in [6.07, 6.45) is 1.58. The van der Waals surface area contributed by atoms with Crippen LogP contribution in [0.15, 0.2) is 65.8 Å². The van der Waals surface area contributed by atoms with Gasteiger partial charge in [0.05, 0.1) is 12.6 Å². The lowest BCUT2D eigenvalue weighted by atomic mass is 9.89. The molecular formula is C28H41N5O3Si. The zero-order chi connectivity index (χ0) is 27.1. The monoisotopic (exact) mass is 523 g/mol. The first-order valence-electron chi connectivity index (χ1n) is 13.0. The van der Waals surface area contributed by atoms with Gasteiger partial charge in [-0.15, -0.1) is 0 Å². The molecule has 0 aliphatic carbocycles. The molecule has 9 heteroatoms. The average molecular weight is 524 g/mol. The molecule has 2 aromatic carbocycles. The Balaban J connectivity index is 2.10. The normalized spacial score (nSPS) is 13.6. The number of carbonyl (C=O) groups is 2. The van der Waals surface area contributed by atoms with E-state index in [-0.39, 0.29) is 17.9 Å². The Morgan fingerprint density at radius 1 is 1.05 bits per heavy atom. The van der Waals surface area contributed by atoms with Gasteiger partial charge in [-0.05, 0) is 61.4 Å². The lowest BCUT2D eigenvalue weighted by Crippen LogP contribution is -2.46. The smallest absolute Gasteiger partial charge is 0.314 e. The van der Waals surface area contributed by atoms with Crippen LogP contribution in [-0.2, 0) is 20.7 Å². The van der Waals surface area contributed by atoms with E-state index in [0.717, 1.165) is 17.2 Å². The molecule has 0 spiro atoms. The highest BCUT2D eigenvalue weighted by molar-refractivity contribution is 6.76. The van der Waals surface area contributed by atoms with Gasteiger partial charge in [-0.2, -0.15) is 0 Å².